The lowest BCUT2D eigenvalue weighted by Crippen LogP contribution is -2.59. The Bertz CT molecular complexity index is 378. The van der Waals surface area contributed by atoms with Crippen molar-refractivity contribution in [1.82, 2.24) is 9.96 Å². The Morgan fingerprint density at radius 3 is 2.14 bits per heavy atom. The van der Waals surface area contributed by atoms with Crippen LogP contribution >= 0.6 is 0 Å². The lowest BCUT2D eigenvalue weighted by molar-refractivity contribution is -0.203. The fraction of sp³-hybridized carbons (Fsp3) is 0.714. The maximum atomic E-state index is 12.4. The summed E-state index contributed by atoms with van der Waals surface area (Å²) in [5, 5.41) is 1.43. The van der Waals surface area contributed by atoms with Crippen molar-refractivity contribution in [2.24, 2.45) is 0 Å². The van der Waals surface area contributed by atoms with Gasteiger partial charge in [0.2, 0.25) is 0 Å². The van der Waals surface area contributed by atoms with Crippen LogP contribution in [0, 0.1) is 0 Å². The number of nitrogens with zero attached hydrogens (tertiary/aromatic N) is 2. The molecule has 0 aliphatic heterocycles. The van der Waals surface area contributed by atoms with E-state index in [1.165, 1.54) is 30.4 Å². The van der Waals surface area contributed by atoms with Crippen LogP contribution in [-0.4, -0.2) is 61.4 Å². The number of likely N-dealkylation sites (N-methyl/N-ethyl adjacent to an activating group) is 1. The van der Waals surface area contributed by atoms with Crippen LogP contribution < -0.4 is 0 Å². The van der Waals surface area contributed by atoms with Crippen LogP contribution in [0.4, 0.5) is 4.79 Å². The summed E-state index contributed by atoms with van der Waals surface area (Å²) < 4.78 is 10.3. The topological polar surface area (TPSA) is 68.3 Å². The summed E-state index contributed by atoms with van der Waals surface area (Å²) in [5.74, 6) is 0. The predicted octanol–water partition coefficient (Wildman–Crippen LogP) is 1.79. The summed E-state index contributed by atoms with van der Waals surface area (Å²) in [6.45, 7) is 6.83. The van der Waals surface area contributed by atoms with Crippen molar-refractivity contribution >= 4 is 12.4 Å². The van der Waals surface area contributed by atoms with E-state index in [0.29, 0.717) is 6.29 Å². The highest BCUT2D eigenvalue weighted by molar-refractivity contribution is 5.73. The first kappa shape index (κ1) is 19.4. The van der Waals surface area contributed by atoms with Crippen molar-refractivity contribution in [3.63, 3.8) is 0 Å². The number of carbonyl (C=O) groups excluding carboxylic acids is 2. The number of rotatable bonds is 7. The van der Waals surface area contributed by atoms with Gasteiger partial charge in [-0.3, -0.25) is 9.74 Å². The molecule has 0 radical (unpaired) electrons. The van der Waals surface area contributed by atoms with Crippen LogP contribution in [0.15, 0.2) is 12.3 Å². The van der Waals surface area contributed by atoms with Crippen molar-refractivity contribution in [1.29, 1.82) is 0 Å². The van der Waals surface area contributed by atoms with E-state index >= 15 is 0 Å². The van der Waals surface area contributed by atoms with E-state index in [4.69, 9.17) is 14.3 Å². The van der Waals surface area contributed by atoms with Crippen LogP contribution in [-0.2, 0) is 19.1 Å². The molecule has 0 N–H and O–H groups in total. The third-order valence-electron chi connectivity index (χ3n) is 2.85. The van der Waals surface area contributed by atoms with Crippen molar-refractivity contribution < 1.29 is 23.9 Å². The quantitative estimate of drug-likeness (QED) is 0.309. The van der Waals surface area contributed by atoms with Gasteiger partial charge in [-0.25, -0.2) is 4.79 Å². The summed E-state index contributed by atoms with van der Waals surface area (Å²) in [6.07, 6.45) is 3.02. The molecule has 21 heavy (non-hydrogen) atoms. The van der Waals surface area contributed by atoms with Crippen molar-refractivity contribution in [2.45, 2.75) is 39.0 Å². The van der Waals surface area contributed by atoms with Gasteiger partial charge < -0.3 is 14.3 Å². The molecule has 7 nitrogen and oxygen atoms in total. The zero-order valence-corrected chi connectivity index (χ0v) is 13.9. The molecule has 0 aromatic heterocycles. The molecule has 0 spiro atoms. The van der Waals surface area contributed by atoms with Crippen LogP contribution in [0.1, 0.15) is 27.7 Å². The molecule has 0 bridgehead atoms. The highest BCUT2D eigenvalue weighted by atomic mass is 16.7. The minimum Gasteiger partial charge on any atom is -0.505 e. The van der Waals surface area contributed by atoms with Crippen molar-refractivity contribution in [3.05, 3.63) is 12.3 Å². The van der Waals surface area contributed by atoms with Gasteiger partial charge in [-0.1, -0.05) is 0 Å². The molecule has 0 heterocycles. The fourth-order valence-electron chi connectivity index (χ4n) is 1.58. The molecule has 0 fully saturated rings. The first-order chi connectivity index (χ1) is 9.62. The molecule has 0 aromatic rings. The van der Waals surface area contributed by atoms with Gasteiger partial charge in [0.05, 0.1) is 27.0 Å². The number of amides is 1. The average molecular weight is 302 g/mol. The summed E-state index contributed by atoms with van der Waals surface area (Å²) in [4.78, 5) is 29.8. The third kappa shape index (κ3) is 5.73. The fourth-order valence-corrected chi connectivity index (χ4v) is 1.58. The molecule has 1 amide bonds. The van der Waals surface area contributed by atoms with Gasteiger partial charge in [-0.05, 0) is 33.8 Å². The van der Waals surface area contributed by atoms with Crippen LogP contribution in [0.5, 0.6) is 0 Å². The Kier molecular flexibility index (Phi) is 7.38. The number of aldehydes is 1. The molecular weight excluding hydrogens is 276 g/mol. The van der Waals surface area contributed by atoms with Crippen LogP contribution in [0.25, 0.3) is 0 Å². The molecule has 7 heteroatoms. The van der Waals surface area contributed by atoms with Gasteiger partial charge in [-0.15, -0.1) is 0 Å². The second-order valence-corrected chi connectivity index (χ2v) is 5.57. The lowest BCUT2D eigenvalue weighted by atomic mass is 10.1. The molecule has 122 valence electrons. The Morgan fingerprint density at radius 2 is 1.76 bits per heavy atom. The monoisotopic (exact) mass is 302 g/mol. The number of hydrogen-bond donors (Lipinski definition) is 0. The minimum absolute atomic E-state index is 0.146. The SMILES string of the molecule is COC=C[C@](C)(N(C)OC)N(CC=O)C(=O)OC(C)(C)C. The number of ether oxygens (including phenoxy) is 2. The molecular formula is C14H26N2O5. The molecule has 1 atom stereocenters. The molecule has 0 saturated heterocycles. The molecule has 0 unspecified atom stereocenters. The summed E-state index contributed by atoms with van der Waals surface area (Å²) in [5.41, 5.74) is -1.72. The van der Waals surface area contributed by atoms with E-state index in [9.17, 15) is 9.59 Å². The summed E-state index contributed by atoms with van der Waals surface area (Å²) in [7, 11) is 4.59. The highest BCUT2D eigenvalue weighted by Gasteiger charge is 2.39. The van der Waals surface area contributed by atoms with E-state index < -0.39 is 17.4 Å². The molecule has 0 rings (SSSR count). The summed E-state index contributed by atoms with van der Waals surface area (Å²) >= 11 is 0. The van der Waals surface area contributed by atoms with Crippen LogP contribution in [0.3, 0.4) is 0 Å². The number of hydroxylamine groups is 2. The van der Waals surface area contributed by atoms with Gasteiger partial charge >= 0.3 is 6.09 Å². The Labute approximate surface area is 126 Å². The van der Waals surface area contributed by atoms with Crippen LogP contribution in [0.2, 0.25) is 0 Å². The average Bonchev–Trinajstić information content (AvgIpc) is 2.39. The van der Waals surface area contributed by atoms with Crippen molar-refractivity contribution in [2.75, 3.05) is 27.8 Å². The number of carbonyl (C=O) groups is 2. The smallest absolute Gasteiger partial charge is 0.412 e. The van der Waals surface area contributed by atoms with Gasteiger partial charge in [-0.2, -0.15) is 5.06 Å². The zero-order chi connectivity index (χ0) is 16.7. The zero-order valence-electron chi connectivity index (χ0n) is 13.9. The highest BCUT2D eigenvalue weighted by Crippen LogP contribution is 2.23. The van der Waals surface area contributed by atoms with E-state index in [-0.39, 0.29) is 6.54 Å². The maximum Gasteiger partial charge on any atom is 0.412 e. The van der Waals surface area contributed by atoms with E-state index in [0.717, 1.165) is 0 Å². The van der Waals surface area contributed by atoms with E-state index in [1.54, 1.807) is 40.8 Å². The lowest BCUT2D eigenvalue weighted by Gasteiger charge is -2.43. The summed E-state index contributed by atoms with van der Waals surface area (Å²) in [6, 6.07) is 0. The standard InChI is InChI=1S/C14H26N2O5/c1-13(2,3)21-12(18)16(9-10-17)14(4,8-11-19-6)15(5)20-7/h8,10-11H,9H2,1-7H3/t14-/m1/s1. The first-order valence-electron chi connectivity index (χ1n) is 6.55. The normalized spacial score (nSPS) is 14.9. The Balaban J connectivity index is 5.56. The second kappa shape index (κ2) is 7.99. The second-order valence-electron chi connectivity index (χ2n) is 5.57. The van der Waals surface area contributed by atoms with Gasteiger partial charge in [0.1, 0.15) is 17.6 Å². The van der Waals surface area contributed by atoms with Gasteiger partial charge in [0.25, 0.3) is 0 Å². The van der Waals surface area contributed by atoms with E-state index in [2.05, 4.69) is 0 Å². The minimum atomic E-state index is -1.05. The Hall–Kier alpha value is -1.60. The van der Waals surface area contributed by atoms with Gasteiger partial charge in [0, 0.05) is 7.05 Å². The largest absolute Gasteiger partial charge is 0.505 e. The Morgan fingerprint density at radius 1 is 1.19 bits per heavy atom. The maximum absolute atomic E-state index is 12.4. The molecule has 0 saturated carbocycles. The molecule has 0 aliphatic carbocycles. The molecule has 0 aliphatic rings. The van der Waals surface area contributed by atoms with E-state index in [1.807, 2.05) is 0 Å². The number of methoxy groups -OCH3 is 1. The predicted molar refractivity (Wildman–Crippen MR) is 78.3 cm³/mol. The van der Waals surface area contributed by atoms with Crippen molar-refractivity contribution in [3.8, 4) is 0 Å². The molecule has 0 aromatic carbocycles. The third-order valence-corrected chi connectivity index (χ3v) is 2.85. The van der Waals surface area contributed by atoms with Gasteiger partial charge in [0.15, 0.2) is 0 Å². The first-order valence-corrected chi connectivity index (χ1v) is 6.55. The number of hydrogen-bond acceptors (Lipinski definition) is 6.